The summed E-state index contributed by atoms with van der Waals surface area (Å²) in [5.74, 6) is -22.7. The Hall–Kier alpha value is -12.3. The highest BCUT2D eigenvalue weighted by Crippen LogP contribution is 2.30. The van der Waals surface area contributed by atoms with Crippen molar-refractivity contribution < 1.29 is 136 Å². The fourth-order valence-corrected chi connectivity index (χ4v) is 17.7. The van der Waals surface area contributed by atoms with Crippen LogP contribution in [-0.4, -0.2) is 365 Å². The Morgan fingerprint density at radius 1 is 0.319 bits per heavy atom. The molecule has 6 saturated heterocycles. The summed E-state index contributed by atoms with van der Waals surface area (Å²) in [6.07, 6.45) is -0.341. The molecule has 6 aliphatic heterocycles. The Bertz CT molecular complexity index is 4420. The highest BCUT2D eigenvalue weighted by molar-refractivity contribution is 6.03. The van der Waals surface area contributed by atoms with Gasteiger partial charge < -0.3 is 136 Å². The average molecular weight is 1960 g/mol. The van der Waals surface area contributed by atoms with E-state index in [2.05, 4.69) is 69.1 Å². The monoisotopic (exact) mass is 1950 g/mol. The molecule has 20 amide bonds. The largest absolute Gasteiger partial charge is 0.481 e. The van der Waals surface area contributed by atoms with Gasteiger partial charge in [-0.15, -0.1) is 0 Å². The zero-order chi connectivity index (χ0) is 103. The Balaban J connectivity index is 1.03. The Labute approximate surface area is 800 Å². The van der Waals surface area contributed by atoms with Gasteiger partial charge in [-0.2, -0.15) is 0 Å². The molecule has 0 aromatic rings. The van der Waals surface area contributed by atoms with E-state index in [0.717, 1.165) is 0 Å². The first-order chi connectivity index (χ1) is 64.9. The van der Waals surface area contributed by atoms with Gasteiger partial charge in [-0.1, -0.05) is 69.2 Å². The van der Waals surface area contributed by atoms with Gasteiger partial charge in [0.25, 0.3) is 0 Å². The molecule has 0 bridgehead atoms. The molecule has 138 heavy (non-hydrogen) atoms. The lowest BCUT2D eigenvalue weighted by Crippen LogP contribution is -2.60. The van der Waals surface area contributed by atoms with Crippen molar-refractivity contribution in [3.05, 3.63) is 0 Å². The summed E-state index contributed by atoms with van der Waals surface area (Å²) in [7, 11) is 0. The fraction of sp³-hybridized carbons (Fsp3) is 0.742. The number of rotatable bonds is 52. The van der Waals surface area contributed by atoms with Crippen LogP contribution in [0.5, 0.6) is 0 Å². The predicted octanol–water partition coefficient (Wildman–Crippen LogP) is -6.62. The number of primary amides is 1. The van der Waals surface area contributed by atoms with Crippen LogP contribution >= 0.6 is 0 Å². The molecule has 6 aliphatic rings. The van der Waals surface area contributed by atoms with Gasteiger partial charge in [0.1, 0.15) is 109 Å². The van der Waals surface area contributed by atoms with E-state index in [-0.39, 0.29) is 121 Å². The number of carboxylic acid groups (broad SMARTS) is 3. The van der Waals surface area contributed by atoms with Crippen molar-refractivity contribution >= 4 is 136 Å². The van der Waals surface area contributed by atoms with E-state index in [0.29, 0.717) is 32.1 Å². The van der Waals surface area contributed by atoms with Gasteiger partial charge in [-0.25, -0.2) is 4.79 Å². The number of aliphatic carboxylic acids is 3. The van der Waals surface area contributed by atoms with Gasteiger partial charge in [-0.05, 0) is 159 Å². The molecule has 772 valence electrons. The van der Waals surface area contributed by atoms with E-state index in [1.807, 2.05) is 0 Å². The number of likely N-dealkylation sites (tertiary alicyclic amines) is 6. The molecule has 0 saturated carbocycles. The molecule has 6 fully saturated rings. The molecule has 18 atom stereocenters. The number of amides is 20. The molecule has 0 radical (unpaired) electrons. The third-order valence-electron chi connectivity index (χ3n) is 25.1. The number of carbonyl (C=O) groups excluding carboxylic acids is 20. The zero-order valence-corrected chi connectivity index (χ0v) is 80.7. The van der Waals surface area contributed by atoms with E-state index >= 15 is 0 Å². The molecule has 0 aromatic carbocycles. The quantitative estimate of drug-likeness (QED) is 0.0269. The maximum atomic E-state index is 14.8. The number of carbonyl (C=O) groups is 23. The summed E-state index contributed by atoms with van der Waals surface area (Å²) in [5.41, 5.74) is 11.1. The lowest BCUT2D eigenvalue weighted by atomic mass is 9.99. The zero-order valence-electron chi connectivity index (χ0n) is 80.7. The van der Waals surface area contributed by atoms with Gasteiger partial charge in [0.15, 0.2) is 0 Å². The smallest absolute Gasteiger partial charge is 0.326 e. The average Bonchev–Trinajstić information content (AvgIpc) is 1.71. The molecule has 0 spiro atoms. The molecular weight excluding hydrogens is 1810 g/mol. The van der Waals surface area contributed by atoms with Crippen LogP contribution in [0, 0.1) is 29.6 Å². The van der Waals surface area contributed by atoms with Gasteiger partial charge in [0, 0.05) is 58.5 Å². The van der Waals surface area contributed by atoms with Crippen molar-refractivity contribution in [3.63, 3.8) is 0 Å². The van der Waals surface area contributed by atoms with Crippen molar-refractivity contribution in [3.8, 4) is 0 Å². The summed E-state index contributed by atoms with van der Waals surface area (Å²) in [6, 6.07) is -24.0. The Morgan fingerprint density at radius 2 is 0.674 bits per heavy atom. The number of nitrogens with one attached hydrogen (secondary N) is 13. The van der Waals surface area contributed by atoms with Crippen LogP contribution in [0.4, 0.5) is 0 Å². The summed E-state index contributed by atoms with van der Waals surface area (Å²) in [6.45, 7) is 16.7. The molecule has 0 unspecified atom stereocenters. The fourth-order valence-electron chi connectivity index (χ4n) is 17.7. The summed E-state index contributed by atoms with van der Waals surface area (Å²) < 4.78 is 0. The van der Waals surface area contributed by atoms with Gasteiger partial charge in [-0.3, -0.25) is 105 Å². The molecule has 6 rings (SSSR count). The predicted molar refractivity (Wildman–Crippen MR) is 487 cm³/mol. The van der Waals surface area contributed by atoms with Crippen LogP contribution in [0.1, 0.15) is 218 Å². The first-order valence-corrected chi connectivity index (χ1v) is 47.5. The number of hydrogen-bond acceptors (Lipinski definition) is 26. The highest BCUT2D eigenvalue weighted by Gasteiger charge is 2.49. The van der Waals surface area contributed by atoms with Gasteiger partial charge in [0.2, 0.25) is 118 Å². The van der Waals surface area contributed by atoms with Crippen molar-refractivity contribution in [1.29, 1.82) is 0 Å². The second-order valence-corrected chi connectivity index (χ2v) is 38.1. The van der Waals surface area contributed by atoms with Gasteiger partial charge >= 0.3 is 17.9 Å². The first-order valence-electron chi connectivity index (χ1n) is 47.5. The topological polar surface area (TPSA) is 722 Å². The van der Waals surface area contributed by atoms with E-state index in [9.17, 15) is 136 Å². The first kappa shape index (κ1) is 114. The normalized spacial score (nSPS) is 20.7. The number of aliphatic hydroxyl groups excluding tert-OH is 2. The molecular formula is C89H143N21O28. The van der Waals surface area contributed by atoms with Crippen molar-refractivity contribution in [1.82, 2.24) is 98.5 Å². The summed E-state index contributed by atoms with van der Waals surface area (Å²) >= 11 is 0. The summed E-state index contributed by atoms with van der Waals surface area (Å²) in [4.78, 5) is 321. The lowest BCUT2D eigenvalue weighted by Gasteiger charge is -2.34. The maximum Gasteiger partial charge on any atom is 0.326 e. The van der Waals surface area contributed by atoms with E-state index < -0.39 is 321 Å². The second-order valence-electron chi connectivity index (χ2n) is 38.1. The van der Waals surface area contributed by atoms with Crippen LogP contribution in [0.3, 0.4) is 0 Å². The minimum absolute atomic E-state index is 0.00689. The number of aliphatic hydroxyl groups is 2. The standard InChI is InChI=1S/C89H143N21O28/c1-44(2)37-55(77(125)95-49(11)72(120)101-57(89(137)138)39-46(5)6)99-83(131)70(47(7)8)103-73(121)50(12)94-75(123)54(27-30-69(118)119)98-81(129)61-21-15-32-106(61)85(133)56(38-45(3)4)100-80(128)60-20-13-31-105(60)67(115)41-93-79(127)59-19-14-33-107(59)87(135)64-24-18-36-110(64)88(136)71(48(9)10)104-76(124)53(26-29-68(116)117)96-66(114)40-92-74(122)52(25-28-65(91)113)97-78(126)58(43-112)102-82(130)62-22-16-34-108(62)86(134)63-23-17-35-109(63)84(132)51(90)42-111/h44-64,70-71,111-112H,13-43,90H2,1-12H3,(H2,91,113)(H,92,122)(H,93,127)(H,94,123)(H,95,125)(H,96,114)(H,97,126)(H,98,129)(H,99,131)(H,100,128)(H,101,120)(H,102,130)(H,103,121)(H,104,124)(H,116,117)(H,118,119)(H,137,138)/t49-,50-,51-,52-,53-,54-,55-,56-,57-,58-,59-,60-,61-,62-,63-,64-,70-,71-/m0/s1. The third kappa shape index (κ3) is 33.2. The molecule has 6 heterocycles. The number of nitrogens with zero attached hydrogens (tertiary/aromatic N) is 6. The lowest BCUT2D eigenvalue weighted by molar-refractivity contribution is -0.148. The molecule has 22 N–H and O–H groups in total. The van der Waals surface area contributed by atoms with Crippen LogP contribution in [0.2, 0.25) is 0 Å². The molecule has 0 aromatic heterocycles. The van der Waals surface area contributed by atoms with Crippen LogP contribution in [0.25, 0.3) is 0 Å². The number of carboxylic acids is 3. The summed E-state index contributed by atoms with van der Waals surface area (Å²) in [5, 5.41) is 81.3. The van der Waals surface area contributed by atoms with E-state index in [1.165, 1.54) is 43.2 Å². The van der Waals surface area contributed by atoms with Crippen LogP contribution in [0.15, 0.2) is 0 Å². The Morgan fingerprint density at radius 3 is 1.14 bits per heavy atom. The SMILES string of the molecule is CC(C)C[C@H](NC(=O)[C@H](C)NC(=O)[C@H](CC(C)C)NC(=O)[C@@H](NC(=O)[C@H](C)NC(=O)[C@H](CCC(=O)O)NC(=O)[C@@H]1CCCN1C(=O)[C@H](CC(C)C)NC(=O)[C@@H]1CCCN1C(=O)CNC(=O)[C@@H]1CCCN1C(=O)[C@@H]1CCCN1C(=O)[C@@H](NC(=O)[C@H](CCC(=O)O)NC(=O)CNC(=O)[C@H](CCC(N)=O)NC(=O)[C@H](CO)NC(=O)[C@@H]1CCCN1C(=O)[C@@H]1CCCN1C(=O)[C@@H](N)CO)C(C)C)C(C)C)C(=O)O. The minimum Gasteiger partial charge on any atom is -0.481 e. The van der Waals surface area contributed by atoms with E-state index in [4.69, 9.17) is 11.5 Å². The van der Waals surface area contributed by atoms with Crippen LogP contribution in [-0.2, 0) is 110 Å². The highest BCUT2D eigenvalue weighted by atomic mass is 16.4. The third-order valence-corrected chi connectivity index (χ3v) is 25.1. The minimum atomic E-state index is -1.76. The van der Waals surface area contributed by atoms with Crippen molar-refractivity contribution in [2.24, 2.45) is 41.1 Å². The van der Waals surface area contributed by atoms with Crippen molar-refractivity contribution in [2.75, 3.05) is 65.6 Å². The molecule has 0 aliphatic carbocycles. The van der Waals surface area contributed by atoms with Crippen molar-refractivity contribution in [2.45, 2.75) is 327 Å². The number of nitrogens with two attached hydrogens (primary N) is 2. The van der Waals surface area contributed by atoms with Gasteiger partial charge in [0.05, 0.1) is 26.3 Å². The number of hydrogen-bond donors (Lipinski definition) is 20. The molecule has 49 nitrogen and oxygen atoms in total. The molecule has 49 heteroatoms. The van der Waals surface area contributed by atoms with E-state index in [1.54, 1.807) is 69.2 Å². The second kappa shape index (κ2) is 54.2. The Kier molecular flexibility index (Phi) is 44.9. The maximum absolute atomic E-state index is 14.8. The van der Waals surface area contributed by atoms with Crippen LogP contribution < -0.4 is 80.6 Å².